The van der Waals surface area contributed by atoms with E-state index < -0.39 is 5.91 Å². The Bertz CT molecular complexity index is 968. The summed E-state index contributed by atoms with van der Waals surface area (Å²) >= 11 is 0. The number of carbonyl (C=O) groups is 1. The first-order valence-electron chi connectivity index (χ1n) is 7.41. The van der Waals surface area contributed by atoms with Crippen LogP contribution in [0.15, 0.2) is 54.6 Å². The van der Waals surface area contributed by atoms with E-state index in [0.717, 1.165) is 4.68 Å². The number of methoxy groups -OCH3 is 1. The first kappa shape index (κ1) is 16.2. The third-order valence-electron chi connectivity index (χ3n) is 3.41. The van der Waals surface area contributed by atoms with Gasteiger partial charge in [-0.1, -0.05) is 24.3 Å². The number of nitrogen functional groups attached to an aromatic ring is 1. The number of anilines is 3. The molecule has 126 valence electrons. The average molecular weight is 336 g/mol. The normalized spacial score (nSPS) is 10.3. The molecule has 0 aliphatic rings. The predicted molar refractivity (Wildman–Crippen MR) is 92.7 cm³/mol. The van der Waals surface area contributed by atoms with Gasteiger partial charge in [0.1, 0.15) is 5.75 Å². The highest BCUT2D eigenvalue weighted by Gasteiger charge is 2.14. The Balaban J connectivity index is 1.98. The third kappa shape index (κ3) is 3.47. The molecule has 0 saturated heterocycles. The fourth-order valence-corrected chi connectivity index (χ4v) is 2.18. The average Bonchev–Trinajstić information content (AvgIpc) is 2.65. The molecule has 1 aromatic heterocycles. The lowest BCUT2D eigenvalue weighted by molar-refractivity contribution is 0.0937. The zero-order valence-electron chi connectivity index (χ0n) is 13.4. The molecule has 0 spiro atoms. The van der Waals surface area contributed by atoms with Gasteiger partial charge in [0.05, 0.1) is 7.11 Å². The zero-order valence-corrected chi connectivity index (χ0v) is 13.4. The lowest BCUT2D eigenvalue weighted by Gasteiger charge is -2.10. The molecule has 0 saturated carbocycles. The topological polar surface area (TPSA) is 119 Å². The molecule has 0 unspecified atom stereocenters. The van der Waals surface area contributed by atoms with Crippen molar-refractivity contribution in [2.24, 2.45) is 0 Å². The number of nitrogens with zero attached hydrogens (tertiary/aromatic N) is 3. The van der Waals surface area contributed by atoms with Crippen molar-refractivity contribution in [1.29, 1.82) is 5.41 Å². The summed E-state index contributed by atoms with van der Waals surface area (Å²) in [5.74, 6) is 0.187. The second kappa shape index (κ2) is 6.83. The fraction of sp³-hybridized carbons (Fsp3) is 0.0588. The van der Waals surface area contributed by atoms with E-state index in [1.54, 1.807) is 61.7 Å². The number of hydrogen-bond donors (Lipinski definition) is 3. The Hall–Kier alpha value is -3.68. The van der Waals surface area contributed by atoms with Gasteiger partial charge < -0.3 is 15.8 Å². The van der Waals surface area contributed by atoms with Crippen LogP contribution in [0.4, 0.5) is 17.5 Å². The van der Waals surface area contributed by atoms with Crippen molar-refractivity contribution < 1.29 is 9.53 Å². The molecular weight excluding hydrogens is 320 g/mol. The first-order valence-corrected chi connectivity index (χ1v) is 7.41. The van der Waals surface area contributed by atoms with Gasteiger partial charge in [-0.2, -0.15) is 9.67 Å². The van der Waals surface area contributed by atoms with E-state index in [-0.39, 0.29) is 17.3 Å². The standard InChI is InChI=1S/C17H16N6O2/c1-25-13-9-5-8-12(10-13)20-17-21-14(18)15(19)23(22-17)16(24)11-6-3-2-4-7-11/h2-10,19H,1H3,(H3,18,20,21,22). The van der Waals surface area contributed by atoms with E-state index in [2.05, 4.69) is 15.4 Å². The summed E-state index contributed by atoms with van der Waals surface area (Å²) in [5, 5.41) is 15.0. The quantitative estimate of drug-likeness (QED) is 0.668. The van der Waals surface area contributed by atoms with Crippen LogP contribution < -0.4 is 21.3 Å². The van der Waals surface area contributed by atoms with Crippen molar-refractivity contribution in [1.82, 2.24) is 14.8 Å². The molecular formula is C17H16N6O2. The number of nitrogens with one attached hydrogen (secondary N) is 2. The van der Waals surface area contributed by atoms with Gasteiger partial charge in [0, 0.05) is 17.3 Å². The third-order valence-corrected chi connectivity index (χ3v) is 3.41. The summed E-state index contributed by atoms with van der Waals surface area (Å²) in [6.45, 7) is 0. The molecule has 0 aliphatic heterocycles. The van der Waals surface area contributed by atoms with Gasteiger partial charge in [0.15, 0.2) is 11.3 Å². The number of aromatic nitrogens is 3. The summed E-state index contributed by atoms with van der Waals surface area (Å²) < 4.78 is 6.08. The van der Waals surface area contributed by atoms with Crippen molar-refractivity contribution >= 4 is 23.4 Å². The second-order valence-electron chi connectivity index (χ2n) is 5.11. The number of nitrogens with two attached hydrogens (primary N) is 1. The van der Waals surface area contributed by atoms with Crippen molar-refractivity contribution in [3.63, 3.8) is 0 Å². The number of carbonyl (C=O) groups excluding carboxylic acids is 1. The maximum atomic E-state index is 12.6. The first-order chi connectivity index (χ1) is 12.1. The Morgan fingerprint density at radius 3 is 2.68 bits per heavy atom. The SMILES string of the molecule is COc1cccc(Nc2nc(N)c(=N)n(C(=O)c3ccccc3)n2)c1. The Morgan fingerprint density at radius 1 is 1.20 bits per heavy atom. The van der Waals surface area contributed by atoms with Crippen LogP contribution in [0.2, 0.25) is 0 Å². The van der Waals surface area contributed by atoms with Crippen molar-refractivity contribution in [2.45, 2.75) is 0 Å². The monoisotopic (exact) mass is 336 g/mol. The van der Waals surface area contributed by atoms with Crippen LogP contribution in [0, 0.1) is 5.41 Å². The molecule has 0 aliphatic carbocycles. The molecule has 8 nitrogen and oxygen atoms in total. The highest BCUT2D eigenvalue weighted by atomic mass is 16.5. The van der Waals surface area contributed by atoms with Gasteiger partial charge in [0.25, 0.3) is 5.91 Å². The number of rotatable bonds is 4. The minimum atomic E-state index is -0.464. The van der Waals surface area contributed by atoms with Crippen LogP contribution in [-0.2, 0) is 0 Å². The highest BCUT2D eigenvalue weighted by molar-refractivity contribution is 5.95. The molecule has 0 amide bonds. The molecule has 3 aromatic rings. The maximum Gasteiger partial charge on any atom is 0.280 e. The van der Waals surface area contributed by atoms with E-state index in [0.29, 0.717) is 17.0 Å². The summed E-state index contributed by atoms with van der Waals surface area (Å²) in [7, 11) is 1.56. The zero-order chi connectivity index (χ0) is 17.8. The van der Waals surface area contributed by atoms with Crippen LogP contribution in [0.1, 0.15) is 10.4 Å². The second-order valence-corrected chi connectivity index (χ2v) is 5.11. The Labute approximate surface area is 143 Å². The van der Waals surface area contributed by atoms with Gasteiger partial charge in [-0.25, -0.2) is 0 Å². The molecule has 25 heavy (non-hydrogen) atoms. The summed E-state index contributed by atoms with van der Waals surface area (Å²) in [6.07, 6.45) is 0. The largest absolute Gasteiger partial charge is 0.497 e. The summed E-state index contributed by atoms with van der Waals surface area (Å²) in [6, 6.07) is 15.7. The minimum Gasteiger partial charge on any atom is -0.497 e. The number of hydrogen-bond acceptors (Lipinski definition) is 7. The van der Waals surface area contributed by atoms with Gasteiger partial charge in [-0.05, 0) is 24.3 Å². The molecule has 0 radical (unpaired) electrons. The molecule has 0 bridgehead atoms. The molecule has 8 heteroatoms. The maximum absolute atomic E-state index is 12.6. The van der Waals surface area contributed by atoms with Crippen LogP contribution >= 0.6 is 0 Å². The molecule has 3 rings (SSSR count). The van der Waals surface area contributed by atoms with E-state index in [1.807, 2.05) is 0 Å². The van der Waals surface area contributed by atoms with Crippen LogP contribution in [0.25, 0.3) is 0 Å². The Kier molecular flexibility index (Phi) is 4.42. The van der Waals surface area contributed by atoms with E-state index >= 15 is 0 Å². The highest BCUT2D eigenvalue weighted by Crippen LogP contribution is 2.19. The van der Waals surface area contributed by atoms with Gasteiger partial charge in [-0.3, -0.25) is 10.2 Å². The van der Waals surface area contributed by atoms with Crippen LogP contribution in [0.3, 0.4) is 0 Å². The lowest BCUT2D eigenvalue weighted by Crippen LogP contribution is -2.33. The fourth-order valence-electron chi connectivity index (χ4n) is 2.18. The van der Waals surface area contributed by atoms with Crippen molar-refractivity contribution in [2.75, 3.05) is 18.2 Å². The smallest absolute Gasteiger partial charge is 0.280 e. The lowest BCUT2D eigenvalue weighted by atomic mass is 10.2. The van der Waals surface area contributed by atoms with Gasteiger partial charge >= 0.3 is 0 Å². The predicted octanol–water partition coefficient (Wildman–Crippen LogP) is 1.78. The minimum absolute atomic E-state index is 0.103. The molecule has 1 heterocycles. The van der Waals surface area contributed by atoms with Gasteiger partial charge in [0.2, 0.25) is 5.95 Å². The summed E-state index contributed by atoms with van der Waals surface area (Å²) in [5.41, 5.74) is 6.55. The van der Waals surface area contributed by atoms with E-state index in [4.69, 9.17) is 15.9 Å². The van der Waals surface area contributed by atoms with Crippen LogP contribution in [0.5, 0.6) is 5.75 Å². The molecule has 0 atom stereocenters. The van der Waals surface area contributed by atoms with Gasteiger partial charge in [-0.15, -0.1) is 5.10 Å². The molecule has 0 fully saturated rings. The van der Waals surface area contributed by atoms with E-state index in [1.165, 1.54) is 0 Å². The van der Waals surface area contributed by atoms with Crippen molar-refractivity contribution in [3.8, 4) is 5.75 Å². The molecule has 2 aromatic carbocycles. The van der Waals surface area contributed by atoms with Crippen LogP contribution in [-0.4, -0.2) is 27.8 Å². The summed E-state index contributed by atoms with van der Waals surface area (Å²) in [4.78, 5) is 16.6. The molecule has 4 N–H and O–H groups in total. The Morgan fingerprint density at radius 2 is 1.96 bits per heavy atom. The van der Waals surface area contributed by atoms with Crippen molar-refractivity contribution in [3.05, 3.63) is 65.6 Å². The number of benzene rings is 2. The number of ether oxygens (including phenoxy) is 1. The van der Waals surface area contributed by atoms with E-state index in [9.17, 15) is 4.79 Å².